The molecule has 0 radical (unpaired) electrons. The molecule has 1 aliphatic heterocycles. The minimum atomic E-state index is -0.632. The van der Waals surface area contributed by atoms with Gasteiger partial charge in [0.25, 0.3) is 0 Å². The maximum absolute atomic E-state index is 11.0. The van der Waals surface area contributed by atoms with Gasteiger partial charge in [-0.05, 0) is 33.6 Å². The van der Waals surface area contributed by atoms with Gasteiger partial charge < -0.3 is 14.3 Å². The van der Waals surface area contributed by atoms with Gasteiger partial charge >= 0.3 is 5.97 Å². The van der Waals surface area contributed by atoms with Crippen LogP contribution in [0.3, 0.4) is 0 Å². The highest BCUT2D eigenvalue weighted by molar-refractivity contribution is 5.66. The Balaban J connectivity index is 2.64. The highest BCUT2D eigenvalue weighted by Crippen LogP contribution is 2.38. The summed E-state index contributed by atoms with van der Waals surface area (Å²) >= 11 is 0. The average Bonchev–Trinajstić information content (AvgIpc) is 2.46. The van der Waals surface area contributed by atoms with E-state index in [0.29, 0.717) is 6.42 Å². The molecule has 1 rings (SSSR count). The van der Waals surface area contributed by atoms with Crippen molar-refractivity contribution in [2.45, 2.75) is 64.3 Å². The van der Waals surface area contributed by atoms with Gasteiger partial charge in [0, 0.05) is 13.3 Å². The minimum Gasteiger partial charge on any atom is -0.457 e. The van der Waals surface area contributed by atoms with Gasteiger partial charge in [-0.3, -0.25) is 4.79 Å². The van der Waals surface area contributed by atoms with Crippen LogP contribution in [0.2, 0.25) is 0 Å². The molecule has 0 amide bonds. The van der Waals surface area contributed by atoms with Crippen molar-refractivity contribution >= 4 is 12.3 Å². The first-order valence-corrected chi connectivity index (χ1v) is 5.60. The summed E-state index contributed by atoms with van der Waals surface area (Å²) in [6.45, 7) is 6.99. The van der Waals surface area contributed by atoms with Gasteiger partial charge in [0.2, 0.25) is 0 Å². The number of ether oxygens (including phenoxy) is 2. The molecule has 92 valence electrons. The van der Waals surface area contributed by atoms with Crippen molar-refractivity contribution in [1.82, 2.24) is 0 Å². The molecule has 0 aromatic heterocycles. The van der Waals surface area contributed by atoms with Gasteiger partial charge in [-0.15, -0.1) is 0 Å². The second-order valence-corrected chi connectivity index (χ2v) is 5.16. The number of hydrogen-bond acceptors (Lipinski definition) is 4. The number of hydrogen-bond donors (Lipinski definition) is 0. The minimum absolute atomic E-state index is 0.138. The van der Waals surface area contributed by atoms with Crippen LogP contribution >= 0.6 is 0 Å². The molecule has 0 spiro atoms. The Morgan fingerprint density at radius 1 is 1.62 bits per heavy atom. The number of esters is 1. The van der Waals surface area contributed by atoms with Crippen molar-refractivity contribution in [3.8, 4) is 0 Å². The largest absolute Gasteiger partial charge is 0.457 e. The van der Waals surface area contributed by atoms with E-state index in [1.807, 2.05) is 20.8 Å². The van der Waals surface area contributed by atoms with Crippen LogP contribution in [0.1, 0.15) is 47.0 Å². The van der Waals surface area contributed by atoms with E-state index in [4.69, 9.17) is 9.47 Å². The molecule has 1 fully saturated rings. The summed E-state index contributed by atoms with van der Waals surface area (Å²) in [6, 6.07) is 0. The van der Waals surface area contributed by atoms with Crippen molar-refractivity contribution < 1.29 is 19.1 Å². The van der Waals surface area contributed by atoms with Crippen LogP contribution in [-0.4, -0.2) is 29.6 Å². The molecule has 0 N–H and O–H groups in total. The van der Waals surface area contributed by atoms with Gasteiger partial charge in [0.05, 0.1) is 11.7 Å². The van der Waals surface area contributed by atoms with Crippen molar-refractivity contribution in [1.29, 1.82) is 0 Å². The van der Waals surface area contributed by atoms with Gasteiger partial charge in [-0.2, -0.15) is 0 Å². The Morgan fingerprint density at radius 3 is 2.75 bits per heavy atom. The van der Waals surface area contributed by atoms with Crippen molar-refractivity contribution in [3.05, 3.63) is 0 Å². The van der Waals surface area contributed by atoms with E-state index in [9.17, 15) is 9.59 Å². The first-order chi connectivity index (χ1) is 7.29. The average molecular weight is 228 g/mol. The molecule has 16 heavy (non-hydrogen) atoms. The fraction of sp³-hybridized carbons (Fsp3) is 0.833. The third-order valence-corrected chi connectivity index (χ3v) is 3.06. The zero-order valence-electron chi connectivity index (χ0n) is 10.4. The molecule has 4 nitrogen and oxygen atoms in total. The smallest absolute Gasteiger partial charge is 0.303 e. The Kier molecular flexibility index (Phi) is 3.73. The van der Waals surface area contributed by atoms with E-state index in [1.54, 1.807) is 0 Å². The summed E-state index contributed by atoms with van der Waals surface area (Å²) in [5.41, 5.74) is -1.03. The van der Waals surface area contributed by atoms with E-state index in [2.05, 4.69) is 0 Å². The molecule has 0 unspecified atom stereocenters. The normalized spacial score (nSPS) is 30.1. The SMILES string of the molecule is CC(=O)OC(C)(C)[C@@H]1CC[C@](C)(CC=O)O1. The monoisotopic (exact) mass is 228 g/mol. The van der Waals surface area contributed by atoms with E-state index < -0.39 is 11.2 Å². The molecule has 0 saturated carbocycles. The summed E-state index contributed by atoms with van der Waals surface area (Å²) in [5.74, 6) is -0.308. The lowest BCUT2D eigenvalue weighted by Gasteiger charge is -2.32. The molecular weight excluding hydrogens is 208 g/mol. The number of carbonyl (C=O) groups is 2. The quantitative estimate of drug-likeness (QED) is 0.544. The van der Waals surface area contributed by atoms with Crippen LogP contribution in [-0.2, 0) is 19.1 Å². The third-order valence-electron chi connectivity index (χ3n) is 3.06. The fourth-order valence-corrected chi connectivity index (χ4v) is 2.15. The van der Waals surface area contributed by atoms with Gasteiger partial charge in [0.1, 0.15) is 11.9 Å². The Morgan fingerprint density at radius 2 is 2.25 bits per heavy atom. The summed E-state index contributed by atoms with van der Waals surface area (Å²) in [6.07, 6.45) is 2.76. The Hall–Kier alpha value is -0.900. The van der Waals surface area contributed by atoms with E-state index in [1.165, 1.54) is 6.92 Å². The lowest BCUT2D eigenvalue weighted by Crippen LogP contribution is -2.42. The van der Waals surface area contributed by atoms with Crippen LogP contribution in [0.4, 0.5) is 0 Å². The van der Waals surface area contributed by atoms with Gasteiger partial charge in [-0.1, -0.05) is 0 Å². The highest BCUT2D eigenvalue weighted by Gasteiger charge is 2.44. The van der Waals surface area contributed by atoms with Crippen molar-refractivity contribution in [2.24, 2.45) is 0 Å². The maximum atomic E-state index is 11.0. The van der Waals surface area contributed by atoms with Crippen LogP contribution < -0.4 is 0 Å². The third kappa shape index (κ3) is 3.04. The number of carbonyl (C=O) groups excluding carboxylic acids is 2. The molecule has 0 aromatic carbocycles. The van der Waals surface area contributed by atoms with Crippen LogP contribution in [0, 0.1) is 0 Å². The van der Waals surface area contributed by atoms with E-state index >= 15 is 0 Å². The first kappa shape index (κ1) is 13.2. The van der Waals surface area contributed by atoms with Crippen molar-refractivity contribution in [3.63, 3.8) is 0 Å². The second kappa shape index (κ2) is 4.53. The summed E-state index contributed by atoms with van der Waals surface area (Å²) in [5, 5.41) is 0. The van der Waals surface area contributed by atoms with Gasteiger partial charge in [0.15, 0.2) is 0 Å². The molecule has 1 heterocycles. The highest BCUT2D eigenvalue weighted by atomic mass is 16.6. The molecule has 1 aliphatic rings. The fourth-order valence-electron chi connectivity index (χ4n) is 2.15. The van der Waals surface area contributed by atoms with Gasteiger partial charge in [-0.25, -0.2) is 0 Å². The van der Waals surface area contributed by atoms with Crippen LogP contribution in [0.5, 0.6) is 0 Å². The summed E-state index contributed by atoms with van der Waals surface area (Å²) < 4.78 is 11.1. The number of aldehydes is 1. The maximum Gasteiger partial charge on any atom is 0.303 e. The summed E-state index contributed by atoms with van der Waals surface area (Å²) in [4.78, 5) is 21.5. The molecule has 0 bridgehead atoms. The van der Waals surface area contributed by atoms with E-state index in [-0.39, 0.29) is 12.1 Å². The predicted octanol–water partition coefficient (Wildman–Crippen LogP) is 1.85. The summed E-state index contributed by atoms with van der Waals surface area (Å²) in [7, 11) is 0. The standard InChI is InChI=1S/C12H20O4/c1-9(14)15-11(2,3)10-5-6-12(4,16-10)7-8-13/h8,10H,5-7H2,1-4H3/t10-,12+/m0/s1. The Labute approximate surface area is 96.3 Å². The lowest BCUT2D eigenvalue weighted by atomic mass is 9.95. The predicted molar refractivity (Wildman–Crippen MR) is 59.0 cm³/mol. The molecule has 2 atom stereocenters. The zero-order valence-corrected chi connectivity index (χ0v) is 10.4. The lowest BCUT2D eigenvalue weighted by molar-refractivity contribution is -0.175. The second-order valence-electron chi connectivity index (χ2n) is 5.16. The molecule has 0 aromatic rings. The Bertz CT molecular complexity index is 285. The molecule has 1 saturated heterocycles. The van der Waals surface area contributed by atoms with Crippen LogP contribution in [0.25, 0.3) is 0 Å². The topological polar surface area (TPSA) is 52.6 Å². The molecule has 0 aliphatic carbocycles. The molecule has 4 heteroatoms. The van der Waals surface area contributed by atoms with Crippen molar-refractivity contribution in [2.75, 3.05) is 0 Å². The number of rotatable bonds is 4. The molecular formula is C12H20O4. The van der Waals surface area contributed by atoms with E-state index in [0.717, 1.165) is 19.1 Å². The zero-order chi connectivity index (χ0) is 12.4. The van der Waals surface area contributed by atoms with Crippen LogP contribution in [0.15, 0.2) is 0 Å². The first-order valence-electron chi connectivity index (χ1n) is 5.60.